The van der Waals surface area contributed by atoms with Crippen molar-refractivity contribution in [3.05, 3.63) is 18.2 Å². The predicted molar refractivity (Wildman–Crippen MR) is 81.0 cm³/mol. The van der Waals surface area contributed by atoms with E-state index in [2.05, 4.69) is 10.6 Å². The number of amides is 2. The smallest absolute Gasteiger partial charge is 0.240 e. The fourth-order valence-corrected chi connectivity index (χ4v) is 2.45. The van der Waals surface area contributed by atoms with E-state index in [1.807, 2.05) is 13.8 Å². The number of hydrogen-bond donors (Lipinski definition) is 2. The van der Waals surface area contributed by atoms with Crippen molar-refractivity contribution >= 4 is 17.5 Å². The third kappa shape index (κ3) is 2.73. The van der Waals surface area contributed by atoms with Crippen molar-refractivity contribution in [3.8, 4) is 11.5 Å². The molecule has 1 aliphatic carbocycles. The molecule has 3 rings (SSSR count). The van der Waals surface area contributed by atoms with Crippen molar-refractivity contribution in [2.24, 2.45) is 5.41 Å². The Hall–Kier alpha value is -2.24. The Kier molecular flexibility index (Phi) is 3.68. The van der Waals surface area contributed by atoms with Gasteiger partial charge in [0, 0.05) is 17.8 Å². The maximum atomic E-state index is 12.4. The van der Waals surface area contributed by atoms with E-state index in [1.165, 1.54) is 0 Å². The number of ether oxygens (including phenoxy) is 2. The number of nitrogens with one attached hydrogen (secondary N) is 2. The molecule has 1 aromatic rings. The zero-order valence-corrected chi connectivity index (χ0v) is 12.8. The minimum absolute atomic E-state index is 0.0204. The van der Waals surface area contributed by atoms with Gasteiger partial charge in [-0.05, 0) is 38.8 Å². The van der Waals surface area contributed by atoms with Crippen LogP contribution in [0.3, 0.4) is 0 Å². The molecule has 1 aromatic carbocycles. The van der Waals surface area contributed by atoms with E-state index >= 15 is 0 Å². The summed E-state index contributed by atoms with van der Waals surface area (Å²) in [6, 6.07) is 5.26. The largest absolute Gasteiger partial charge is 0.486 e. The molecule has 6 heteroatoms. The standard InChI is InChI=1S/C16H20N2O4/c1-10(2)17-14(19)16(5-6-16)15(20)18-11-3-4-12-13(9-11)22-8-7-21-12/h3-4,9-10H,5-8H2,1-2H3,(H,17,19)(H,18,20). The van der Waals surface area contributed by atoms with Crippen molar-refractivity contribution in [3.63, 3.8) is 0 Å². The van der Waals surface area contributed by atoms with Crippen LogP contribution in [0.25, 0.3) is 0 Å². The van der Waals surface area contributed by atoms with E-state index in [0.29, 0.717) is 43.2 Å². The molecule has 0 atom stereocenters. The van der Waals surface area contributed by atoms with Gasteiger partial charge in [-0.2, -0.15) is 0 Å². The van der Waals surface area contributed by atoms with Gasteiger partial charge in [0.1, 0.15) is 18.6 Å². The predicted octanol–water partition coefficient (Wildman–Crippen LogP) is 1.70. The van der Waals surface area contributed by atoms with E-state index in [9.17, 15) is 9.59 Å². The lowest BCUT2D eigenvalue weighted by Crippen LogP contribution is -2.42. The molecule has 1 fully saturated rings. The Labute approximate surface area is 129 Å². The van der Waals surface area contributed by atoms with Crippen molar-refractivity contribution in [2.75, 3.05) is 18.5 Å². The van der Waals surface area contributed by atoms with Crippen LogP contribution in [0.2, 0.25) is 0 Å². The Morgan fingerprint density at radius 3 is 2.41 bits per heavy atom. The van der Waals surface area contributed by atoms with Gasteiger partial charge < -0.3 is 20.1 Å². The first-order valence-corrected chi connectivity index (χ1v) is 7.53. The van der Waals surface area contributed by atoms with Crippen LogP contribution in [0, 0.1) is 5.41 Å². The van der Waals surface area contributed by atoms with Gasteiger partial charge in [0.25, 0.3) is 0 Å². The highest BCUT2D eigenvalue weighted by atomic mass is 16.6. The third-order valence-corrected chi connectivity index (χ3v) is 3.84. The number of benzene rings is 1. The zero-order chi connectivity index (χ0) is 15.7. The Morgan fingerprint density at radius 2 is 1.77 bits per heavy atom. The molecule has 0 bridgehead atoms. The van der Waals surface area contributed by atoms with E-state index in [0.717, 1.165) is 0 Å². The lowest BCUT2D eigenvalue weighted by atomic mass is 10.0. The molecule has 1 heterocycles. The summed E-state index contributed by atoms with van der Waals surface area (Å²) in [6.07, 6.45) is 1.17. The summed E-state index contributed by atoms with van der Waals surface area (Å²) in [7, 11) is 0. The summed E-state index contributed by atoms with van der Waals surface area (Å²) in [5.74, 6) is 0.823. The molecule has 6 nitrogen and oxygen atoms in total. The topological polar surface area (TPSA) is 76.7 Å². The van der Waals surface area contributed by atoms with Gasteiger partial charge in [0.05, 0.1) is 0 Å². The zero-order valence-electron chi connectivity index (χ0n) is 12.8. The molecule has 1 saturated carbocycles. The number of anilines is 1. The minimum Gasteiger partial charge on any atom is -0.486 e. The van der Waals surface area contributed by atoms with Crippen LogP contribution in [-0.4, -0.2) is 31.1 Å². The molecular formula is C16H20N2O4. The summed E-state index contributed by atoms with van der Waals surface area (Å²) in [6.45, 7) is 4.78. The Morgan fingerprint density at radius 1 is 1.09 bits per heavy atom. The van der Waals surface area contributed by atoms with Crippen LogP contribution >= 0.6 is 0 Å². The highest BCUT2D eigenvalue weighted by Gasteiger charge is 2.56. The monoisotopic (exact) mass is 304 g/mol. The lowest BCUT2D eigenvalue weighted by molar-refractivity contribution is -0.134. The van der Waals surface area contributed by atoms with Gasteiger partial charge in [0.2, 0.25) is 11.8 Å². The highest BCUT2D eigenvalue weighted by Crippen LogP contribution is 2.47. The highest BCUT2D eigenvalue weighted by molar-refractivity contribution is 6.13. The van der Waals surface area contributed by atoms with Gasteiger partial charge in [-0.3, -0.25) is 9.59 Å². The molecule has 0 spiro atoms. The molecule has 0 saturated heterocycles. The molecule has 0 radical (unpaired) electrons. The first-order valence-electron chi connectivity index (χ1n) is 7.53. The number of carbonyl (C=O) groups is 2. The number of carbonyl (C=O) groups excluding carboxylic acids is 2. The van der Waals surface area contributed by atoms with Crippen LogP contribution in [0.1, 0.15) is 26.7 Å². The average molecular weight is 304 g/mol. The molecule has 2 amide bonds. The van der Waals surface area contributed by atoms with Crippen LogP contribution < -0.4 is 20.1 Å². The fraction of sp³-hybridized carbons (Fsp3) is 0.500. The van der Waals surface area contributed by atoms with Crippen LogP contribution in [0.5, 0.6) is 11.5 Å². The Balaban J connectivity index is 1.70. The molecule has 0 aromatic heterocycles. The van der Waals surface area contributed by atoms with Gasteiger partial charge >= 0.3 is 0 Å². The summed E-state index contributed by atoms with van der Waals surface area (Å²) >= 11 is 0. The van der Waals surface area contributed by atoms with Crippen molar-refractivity contribution in [1.29, 1.82) is 0 Å². The van der Waals surface area contributed by atoms with Crippen molar-refractivity contribution < 1.29 is 19.1 Å². The first-order chi connectivity index (χ1) is 10.5. The third-order valence-electron chi connectivity index (χ3n) is 3.84. The number of hydrogen-bond acceptors (Lipinski definition) is 4. The quantitative estimate of drug-likeness (QED) is 0.830. The minimum atomic E-state index is -0.919. The average Bonchev–Trinajstić information content (AvgIpc) is 3.28. The van der Waals surface area contributed by atoms with Crippen molar-refractivity contribution in [2.45, 2.75) is 32.7 Å². The Bertz CT molecular complexity index is 608. The fourth-order valence-electron chi connectivity index (χ4n) is 2.45. The van der Waals surface area contributed by atoms with E-state index in [-0.39, 0.29) is 17.9 Å². The second-order valence-electron chi connectivity index (χ2n) is 6.02. The van der Waals surface area contributed by atoms with Crippen molar-refractivity contribution in [1.82, 2.24) is 5.32 Å². The molecule has 1 aliphatic heterocycles. The number of fused-ring (bicyclic) bond motifs is 1. The second kappa shape index (κ2) is 5.51. The lowest BCUT2D eigenvalue weighted by Gasteiger charge is -2.20. The van der Waals surface area contributed by atoms with E-state index < -0.39 is 5.41 Å². The van der Waals surface area contributed by atoms with Gasteiger partial charge in [-0.25, -0.2) is 0 Å². The van der Waals surface area contributed by atoms with Gasteiger partial charge in [-0.1, -0.05) is 0 Å². The summed E-state index contributed by atoms with van der Waals surface area (Å²) < 4.78 is 10.9. The van der Waals surface area contributed by atoms with Gasteiger partial charge in [0.15, 0.2) is 11.5 Å². The molecule has 2 aliphatic rings. The van der Waals surface area contributed by atoms with Crippen LogP contribution in [0.4, 0.5) is 5.69 Å². The molecule has 0 unspecified atom stereocenters. The number of rotatable bonds is 4. The first kappa shape index (κ1) is 14.7. The maximum absolute atomic E-state index is 12.4. The molecule has 2 N–H and O–H groups in total. The second-order valence-corrected chi connectivity index (χ2v) is 6.02. The summed E-state index contributed by atoms with van der Waals surface area (Å²) in [4.78, 5) is 24.6. The maximum Gasteiger partial charge on any atom is 0.240 e. The normalized spacial score (nSPS) is 17.8. The van der Waals surface area contributed by atoms with E-state index in [4.69, 9.17) is 9.47 Å². The van der Waals surface area contributed by atoms with E-state index in [1.54, 1.807) is 18.2 Å². The summed E-state index contributed by atoms with van der Waals surface area (Å²) in [5.41, 5.74) is -0.310. The molecule has 118 valence electrons. The summed E-state index contributed by atoms with van der Waals surface area (Å²) in [5, 5.41) is 5.63. The SMILES string of the molecule is CC(C)NC(=O)C1(C(=O)Nc2ccc3c(c2)OCCO3)CC1. The van der Waals surface area contributed by atoms with Crippen LogP contribution in [0.15, 0.2) is 18.2 Å². The van der Waals surface area contributed by atoms with Crippen LogP contribution in [-0.2, 0) is 9.59 Å². The molecular weight excluding hydrogens is 284 g/mol. The molecule has 22 heavy (non-hydrogen) atoms. The van der Waals surface area contributed by atoms with Gasteiger partial charge in [-0.15, -0.1) is 0 Å².